The molecule has 4 nitrogen and oxygen atoms in total. The molecular weight excluding hydrogens is 405 g/mol. The minimum absolute atomic E-state index is 0.183. The zero-order valence-electron chi connectivity index (χ0n) is 18.2. The molecule has 32 heavy (non-hydrogen) atoms. The van der Waals surface area contributed by atoms with Crippen LogP contribution in [0.3, 0.4) is 0 Å². The Morgan fingerprint density at radius 2 is 1.56 bits per heavy atom. The first kappa shape index (κ1) is 22.3. The first-order valence-corrected chi connectivity index (χ1v) is 11.2. The standard InChI is InChI=1S/C27H30FNO3/c28-23-8-6-21(7-9-23)18-27(30)15-16-29-24(19-27)14-17-31-25-10-12-26(13-11-25)32-20-22-4-2-1-3-5-22/h1-13,24,29-30H,14-20H2. The SMILES string of the molecule is OC1(Cc2ccc(F)cc2)CCNC(CCOc2ccc(OCc3ccccc3)cc2)C1. The van der Waals surface area contributed by atoms with Crippen molar-refractivity contribution in [2.45, 2.75) is 43.9 Å². The molecule has 2 unspecified atom stereocenters. The second kappa shape index (κ2) is 10.6. The first-order chi connectivity index (χ1) is 15.6. The fraction of sp³-hybridized carbons (Fsp3) is 0.333. The fourth-order valence-electron chi connectivity index (χ4n) is 4.18. The molecule has 0 bridgehead atoms. The van der Waals surface area contributed by atoms with Gasteiger partial charge in [-0.1, -0.05) is 42.5 Å². The van der Waals surface area contributed by atoms with Gasteiger partial charge in [-0.2, -0.15) is 0 Å². The van der Waals surface area contributed by atoms with Gasteiger partial charge in [0.1, 0.15) is 23.9 Å². The van der Waals surface area contributed by atoms with E-state index >= 15 is 0 Å². The van der Waals surface area contributed by atoms with Gasteiger partial charge in [-0.05, 0) is 73.3 Å². The fourth-order valence-corrected chi connectivity index (χ4v) is 4.18. The molecule has 0 aromatic heterocycles. The average Bonchev–Trinajstić information content (AvgIpc) is 2.81. The molecule has 3 aromatic carbocycles. The van der Waals surface area contributed by atoms with Gasteiger partial charge >= 0.3 is 0 Å². The summed E-state index contributed by atoms with van der Waals surface area (Å²) in [4.78, 5) is 0. The third kappa shape index (κ3) is 6.55. The predicted molar refractivity (Wildman–Crippen MR) is 123 cm³/mol. The molecule has 1 aliphatic rings. The first-order valence-electron chi connectivity index (χ1n) is 11.2. The Hall–Kier alpha value is -2.89. The summed E-state index contributed by atoms with van der Waals surface area (Å²) >= 11 is 0. The van der Waals surface area contributed by atoms with Crippen molar-refractivity contribution in [2.75, 3.05) is 13.2 Å². The van der Waals surface area contributed by atoms with Crippen LogP contribution in [0.5, 0.6) is 11.5 Å². The largest absolute Gasteiger partial charge is 0.494 e. The number of benzene rings is 3. The molecule has 3 aromatic rings. The number of hydrogen-bond donors (Lipinski definition) is 2. The van der Waals surface area contributed by atoms with E-state index in [9.17, 15) is 9.50 Å². The summed E-state index contributed by atoms with van der Waals surface area (Å²) in [7, 11) is 0. The van der Waals surface area contributed by atoms with Gasteiger partial charge in [0.25, 0.3) is 0 Å². The molecule has 0 radical (unpaired) electrons. The lowest BCUT2D eigenvalue weighted by Crippen LogP contribution is -2.49. The smallest absolute Gasteiger partial charge is 0.123 e. The molecule has 4 rings (SSSR count). The van der Waals surface area contributed by atoms with Crippen molar-refractivity contribution in [3.05, 3.63) is 95.8 Å². The highest BCUT2D eigenvalue weighted by atomic mass is 19.1. The van der Waals surface area contributed by atoms with Crippen molar-refractivity contribution in [3.63, 3.8) is 0 Å². The van der Waals surface area contributed by atoms with Gasteiger partial charge in [-0.15, -0.1) is 0 Å². The molecule has 0 aliphatic carbocycles. The van der Waals surface area contributed by atoms with E-state index < -0.39 is 5.60 Å². The maximum absolute atomic E-state index is 13.1. The van der Waals surface area contributed by atoms with Crippen molar-refractivity contribution in [1.82, 2.24) is 5.32 Å². The van der Waals surface area contributed by atoms with Gasteiger partial charge in [0, 0.05) is 12.5 Å². The number of aliphatic hydroxyl groups is 1. The summed E-state index contributed by atoms with van der Waals surface area (Å²) in [5.41, 5.74) is 1.32. The molecule has 1 fully saturated rings. The van der Waals surface area contributed by atoms with Crippen molar-refractivity contribution >= 4 is 0 Å². The van der Waals surface area contributed by atoms with Gasteiger partial charge in [-0.25, -0.2) is 4.39 Å². The summed E-state index contributed by atoms with van der Waals surface area (Å²) < 4.78 is 24.9. The van der Waals surface area contributed by atoms with E-state index in [1.165, 1.54) is 12.1 Å². The second-order valence-corrected chi connectivity index (χ2v) is 8.52. The monoisotopic (exact) mass is 435 g/mol. The number of hydrogen-bond acceptors (Lipinski definition) is 4. The number of halogens is 1. The summed E-state index contributed by atoms with van der Waals surface area (Å²) in [6, 6.07) is 24.3. The second-order valence-electron chi connectivity index (χ2n) is 8.52. The van der Waals surface area contributed by atoms with Gasteiger partial charge < -0.3 is 19.9 Å². The summed E-state index contributed by atoms with van der Waals surface area (Å²) in [5.74, 6) is 1.35. The third-order valence-electron chi connectivity index (χ3n) is 5.90. The Kier molecular flexibility index (Phi) is 7.40. The zero-order valence-corrected chi connectivity index (χ0v) is 18.2. The van der Waals surface area contributed by atoms with Crippen molar-refractivity contribution < 1.29 is 19.0 Å². The maximum Gasteiger partial charge on any atom is 0.123 e. The molecular formula is C27H30FNO3. The van der Waals surface area contributed by atoms with Crippen molar-refractivity contribution in [2.24, 2.45) is 0 Å². The molecule has 2 N–H and O–H groups in total. The van der Waals surface area contributed by atoms with E-state index in [-0.39, 0.29) is 11.9 Å². The summed E-state index contributed by atoms with van der Waals surface area (Å²) in [6.45, 7) is 1.86. The Morgan fingerprint density at radius 3 is 2.28 bits per heavy atom. The van der Waals surface area contributed by atoms with Crippen LogP contribution in [-0.2, 0) is 13.0 Å². The van der Waals surface area contributed by atoms with Crippen LogP contribution in [0.15, 0.2) is 78.9 Å². The minimum Gasteiger partial charge on any atom is -0.494 e. The van der Waals surface area contributed by atoms with Crippen LogP contribution in [0.1, 0.15) is 30.4 Å². The molecule has 168 valence electrons. The molecule has 2 atom stereocenters. The number of rotatable bonds is 9. The van der Waals surface area contributed by atoms with Crippen LogP contribution in [-0.4, -0.2) is 29.9 Å². The van der Waals surface area contributed by atoms with Crippen LogP contribution in [0.25, 0.3) is 0 Å². The van der Waals surface area contributed by atoms with Crippen LogP contribution in [0.4, 0.5) is 4.39 Å². The van der Waals surface area contributed by atoms with E-state index in [2.05, 4.69) is 5.32 Å². The molecule has 1 saturated heterocycles. The number of nitrogens with one attached hydrogen (secondary N) is 1. The predicted octanol–water partition coefficient (Wildman–Crippen LogP) is 4.90. The van der Waals surface area contributed by atoms with Gasteiger partial charge in [0.2, 0.25) is 0 Å². The molecule has 0 amide bonds. The van der Waals surface area contributed by atoms with Crippen LogP contribution < -0.4 is 14.8 Å². The van der Waals surface area contributed by atoms with Crippen LogP contribution in [0, 0.1) is 5.82 Å². The van der Waals surface area contributed by atoms with Gasteiger partial charge in [0.15, 0.2) is 0 Å². The molecule has 1 aliphatic heterocycles. The molecule has 5 heteroatoms. The van der Waals surface area contributed by atoms with E-state index in [1.807, 2.05) is 54.6 Å². The Morgan fingerprint density at radius 1 is 0.875 bits per heavy atom. The third-order valence-corrected chi connectivity index (χ3v) is 5.90. The normalized spacial score (nSPS) is 20.6. The average molecular weight is 436 g/mol. The highest BCUT2D eigenvalue weighted by Gasteiger charge is 2.34. The lowest BCUT2D eigenvalue weighted by atomic mass is 9.82. The topological polar surface area (TPSA) is 50.7 Å². The van der Waals surface area contributed by atoms with Crippen LogP contribution >= 0.6 is 0 Å². The van der Waals surface area contributed by atoms with E-state index in [0.717, 1.165) is 35.6 Å². The summed E-state index contributed by atoms with van der Waals surface area (Å²) in [6.07, 6.45) is 2.68. The quantitative estimate of drug-likeness (QED) is 0.502. The van der Waals surface area contributed by atoms with Crippen LogP contribution in [0.2, 0.25) is 0 Å². The Bertz CT molecular complexity index is 962. The van der Waals surface area contributed by atoms with Crippen molar-refractivity contribution in [1.29, 1.82) is 0 Å². The van der Waals surface area contributed by atoms with E-state index in [4.69, 9.17) is 9.47 Å². The lowest BCUT2D eigenvalue weighted by molar-refractivity contribution is -0.00628. The molecule has 1 heterocycles. The zero-order chi connectivity index (χ0) is 22.2. The lowest BCUT2D eigenvalue weighted by Gasteiger charge is -2.38. The van der Waals surface area contributed by atoms with Gasteiger partial charge in [0.05, 0.1) is 12.2 Å². The maximum atomic E-state index is 13.1. The molecule has 0 saturated carbocycles. The minimum atomic E-state index is -0.772. The van der Waals surface area contributed by atoms with E-state index in [1.54, 1.807) is 12.1 Å². The van der Waals surface area contributed by atoms with E-state index in [0.29, 0.717) is 32.5 Å². The Labute approximate surface area is 189 Å². The summed E-state index contributed by atoms with van der Waals surface area (Å²) in [5, 5.41) is 14.5. The highest BCUT2D eigenvalue weighted by molar-refractivity contribution is 5.31. The van der Waals surface area contributed by atoms with Gasteiger partial charge in [-0.3, -0.25) is 0 Å². The highest BCUT2D eigenvalue weighted by Crippen LogP contribution is 2.27. The number of ether oxygens (including phenoxy) is 2. The molecule has 0 spiro atoms. The van der Waals surface area contributed by atoms with Crippen molar-refractivity contribution in [3.8, 4) is 11.5 Å². The Balaban J connectivity index is 1.21. The number of piperidine rings is 1.